The minimum atomic E-state index is -0.280. The van der Waals surface area contributed by atoms with E-state index in [-0.39, 0.29) is 12.1 Å². The van der Waals surface area contributed by atoms with Crippen LogP contribution in [0.2, 0.25) is 0 Å². The van der Waals surface area contributed by atoms with E-state index in [2.05, 4.69) is 19.2 Å². The van der Waals surface area contributed by atoms with Crippen molar-refractivity contribution in [2.24, 2.45) is 5.92 Å². The largest absolute Gasteiger partial charge is 0.467 e. The Labute approximate surface area is 97.9 Å². The summed E-state index contributed by atoms with van der Waals surface area (Å²) in [4.78, 5) is 0. The van der Waals surface area contributed by atoms with Crippen molar-refractivity contribution in [3.8, 4) is 0 Å². The number of hydrogen-bond donors (Lipinski definition) is 2. The van der Waals surface area contributed by atoms with Crippen molar-refractivity contribution in [2.45, 2.75) is 46.3 Å². The summed E-state index contributed by atoms with van der Waals surface area (Å²) in [5.74, 6) is 1.48. The highest BCUT2D eigenvalue weighted by Crippen LogP contribution is 2.18. The Kier molecular flexibility index (Phi) is 5.03. The molecule has 2 atom stereocenters. The van der Waals surface area contributed by atoms with E-state index < -0.39 is 0 Å². The van der Waals surface area contributed by atoms with Crippen LogP contribution in [-0.4, -0.2) is 17.8 Å². The van der Waals surface area contributed by atoms with Crippen molar-refractivity contribution in [1.82, 2.24) is 5.32 Å². The molecule has 0 unspecified atom stereocenters. The fourth-order valence-corrected chi connectivity index (χ4v) is 1.86. The van der Waals surface area contributed by atoms with Crippen LogP contribution in [0.25, 0.3) is 0 Å². The maximum atomic E-state index is 9.74. The summed E-state index contributed by atoms with van der Waals surface area (Å²) in [6.07, 6.45) is 2.25. The molecule has 3 nitrogen and oxygen atoms in total. The standard InChI is InChI=1S/C13H23NO2/c1-9(2)7-12(15)8-14-11(4)13-10(3)5-6-16-13/h5-6,9,11-12,14-15H,7-8H2,1-4H3/t11-,12+/m1/s1. The van der Waals surface area contributed by atoms with Gasteiger partial charge in [-0.05, 0) is 37.8 Å². The van der Waals surface area contributed by atoms with Gasteiger partial charge in [0.1, 0.15) is 5.76 Å². The molecule has 0 fully saturated rings. The van der Waals surface area contributed by atoms with E-state index in [4.69, 9.17) is 4.42 Å². The van der Waals surface area contributed by atoms with E-state index in [0.717, 1.165) is 17.7 Å². The summed E-state index contributed by atoms with van der Waals surface area (Å²) in [7, 11) is 0. The zero-order valence-electron chi connectivity index (χ0n) is 10.7. The predicted molar refractivity (Wildman–Crippen MR) is 65.3 cm³/mol. The van der Waals surface area contributed by atoms with Crippen molar-refractivity contribution < 1.29 is 9.52 Å². The minimum Gasteiger partial charge on any atom is -0.467 e. The minimum absolute atomic E-state index is 0.150. The van der Waals surface area contributed by atoms with Crippen LogP contribution in [0, 0.1) is 12.8 Å². The first-order valence-corrected chi connectivity index (χ1v) is 5.96. The molecule has 0 radical (unpaired) electrons. The first kappa shape index (κ1) is 13.3. The lowest BCUT2D eigenvalue weighted by atomic mass is 10.1. The third kappa shape index (κ3) is 3.99. The van der Waals surface area contributed by atoms with Crippen molar-refractivity contribution in [3.05, 3.63) is 23.7 Å². The number of aliphatic hydroxyl groups is 1. The molecule has 0 spiro atoms. The molecule has 0 aliphatic heterocycles. The predicted octanol–water partition coefficient (Wildman–Crippen LogP) is 2.65. The van der Waals surface area contributed by atoms with Crippen LogP contribution in [0.1, 0.15) is 44.6 Å². The zero-order chi connectivity index (χ0) is 12.1. The van der Waals surface area contributed by atoms with Crippen molar-refractivity contribution in [3.63, 3.8) is 0 Å². The number of nitrogens with one attached hydrogen (secondary N) is 1. The fourth-order valence-electron chi connectivity index (χ4n) is 1.86. The number of rotatable bonds is 6. The van der Waals surface area contributed by atoms with Gasteiger partial charge in [0.2, 0.25) is 0 Å². The molecule has 2 N–H and O–H groups in total. The van der Waals surface area contributed by atoms with Gasteiger partial charge in [0.15, 0.2) is 0 Å². The van der Waals surface area contributed by atoms with E-state index in [0.29, 0.717) is 12.5 Å². The molecule has 1 heterocycles. The van der Waals surface area contributed by atoms with Crippen molar-refractivity contribution in [2.75, 3.05) is 6.54 Å². The van der Waals surface area contributed by atoms with Crippen LogP contribution in [0.15, 0.2) is 16.7 Å². The molecule has 0 bridgehead atoms. The normalized spacial score (nSPS) is 15.4. The van der Waals surface area contributed by atoms with Gasteiger partial charge >= 0.3 is 0 Å². The van der Waals surface area contributed by atoms with Gasteiger partial charge < -0.3 is 14.8 Å². The van der Waals surface area contributed by atoms with Crippen LogP contribution >= 0.6 is 0 Å². The van der Waals surface area contributed by atoms with E-state index in [9.17, 15) is 5.11 Å². The Morgan fingerprint density at radius 1 is 1.38 bits per heavy atom. The molecular formula is C13H23NO2. The Bertz CT molecular complexity index is 307. The maximum Gasteiger partial charge on any atom is 0.123 e. The molecular weight excluding hydrogens is 202 g/mol. The van der Waals surface area contributed by atoms with Gasteiger partial charge in [-0.25, -0.2) is 0 Å². The van der Waals surface area contributed by atoms with Crippen molar-refractivity contribution >= 4 is 0 Å². The Morgan fingerprint density at radius 2 is 2.06 bits per heavy atom. The molecule has 0 aliphatic carbocycles. The molecule has 0 aliphatic rings. The van der Waals surface area contributed by atoms with Crippen LogP contribution in [0.4, 0.5) is 0 Å². The van der Waals surface area contributed by atoms with Crippen LogP contribution in [0.3, 0.4) is 0 Å². The Morgan fingerprint density at radius 3 is 2.56 bits per heavy atom. The maximum absolute atomic E-state index is 9.74. The Balaban J connectivity index is 2.35. The molecule has 0 amide bonds. The average molecular weight is 225 g/mol. The second kappa shape index (κ2) is 6.06. The summed E-state index contributed by atoms with van der Waals surface area (Å²) in [5.41, 5.74) is 1.15. The zero-order valence-corrected chi connectivity index (χ0v) is 10.7. The van der Waals surface area contributed by atoms with Crippen LogP contribution < -0.4 is 5.32 Å². The highest BCUT2D eigenvalue weighted by Gasteiger charge is 2.13. The number of furan rings is 1. The van der Waals surface area contributed by atoms with Gasteiger partial charge in [-0.3, -0.25) is 0 Å². The molecule has 1 aromatic rings. The van der Waals surface area contributed by atoms with Gasteiger partial charge in [-0.1, -0.05) is 13.8 Å². The summed E-state index contributed by atoms with van der Waals surface area (Å²) >= 11 is 0. The van der Waals surface area contributed by atoms with E-state index >= 15 is 0 Å². The molecule has 1 rings (SSSR count). The highest BCUT2D eigenvalue weighted by atomic mass is 16.3. The second-order valence-corrected chi connectivity index (χ2v) is 4.88. The topological polar surface area (TPSA) is 45.4 Å². The number of aryl methyl sites for hydroxylation is 1. The molecule has 1 aromatic heterocycles. The van der Waals surface area contributed by atoms with E-state index in [1.54, 1.807) is 6.26 Å². The lowest BCUT2D eigenvalue weighted by Gasteiger charge is -2.17. The van der Waals surface area contributed by atoms with Gasteiger partial charge in [-0.15, -0.1) is 0 Å². The van der Waals surface area contributed by atoms with E-state index in [1.165, 1.54) is 0 Å². The van der Waals surface area contributed by atoms with Gasteiger partial charge in [0.05, 0.1) is 18.4 Å². The third-order valence-electron chi connectivity index (χ3n) is 2.70. The molecule has 0 aromatic carbocycles. The smallest absolute Gasteiger partial charge is 0.123 e. The molecule has 16 heavy (non-hydrogen) atoms. The summed E-state index contributed by atoms with van der Waals surface area (Å²) in [6.45, 7) is 8.92. The highest BCUT2D eigenvalue weighted by molar-refractivity contribution is 5.17. The number of aliphatic hydroxyl groups excluding tert-OH is 1. The monoisotopic (exact) mass is 225 g/mol. The lowest BCUT2D eigenvalue weighted by molar-refractivity contribution is 0.142. The lowest BCUT2D eigenvalue weighted by Crippen LogP contribution is -2.30. The van der Waals surface area contributed by atoms with Gasteiger partial charge in [0, 0.05) is 6.54 Å². The Hall–Kier alpha value is -0.800. The van der Waals surface area contributed by atoms with Gasteiger partial charge in [0.25, 0.3) is 0 Å². The summed E-state index contributed by atoms with van der Waals surface area (Å²) < 4.78 is 5.40. The summed E-state index contributed by atoms with van der Waals surface area (Å²) in [6, 6.07) is 2.11. The third-order valence-corrected chi connectivity index (χ3v) is 2.70. The average Bonchev–Trinajstić information content (AvgIpc) is 2.60. The summed E-state index contributed by atoms with van der Waals surface area (Å²) in [5, 5.41) is 13.0. The quantitative estimate of drug-likeness (QED) is 0.782. The molecule has 0 saturated heterocycles. The van der Waals surface area contributed by atoms with Crippen molar-refractivity contribution in [1.29, 1.82) is 0 Å². The van der Waals surface area contributed by atoms with Gasteiger partial charge in [-0.2, -0.15) is 0 Å². The second-order valence-electron chi connectivity index (χ2n) is 4.88. The fraction of sp³-hybridized carbons (Fsp3) is 0.692. The number of hydrogen-bond acceptors (Lipinski definition) is 3. The van der Waals surface area contributed by atoms with Crippen LogP contribution in [0.5, 0.6) is 0 Å². The molecule has 3 heteroatoms. The van der Waals surface area contributed by atoms with Crippen LogP contribution in [-0.2, 0) is 0 Å². The molecule has 92 valence electrons. The first-order valence-electron chi connectivity index (χ1n) is 5.96. The SMILES string of the molecule is Cc1ccoc1[C@@H](C)NC[C@@H](O)CC(C)C. The van der Waals surface area contributed by atoms with E-state index in [1.807, 2.05) is 19.9 Å². The first-order chi connectivity index (χ1) is 7.50. The molecule has 0 saturated carbocycles.